The Morgan fingerprint density at radius 1 is 1.31 bits per heavy atom. The first kappa shape index (κ1) is 12.0. The van der Waals surface area contributed by atoms with Gasteiger partial charge in [0.2, 0.25) is 0 Å². The summed E-state index contributed by atoms with van der Waals surface area (Å²) in [5.41, 5.74) is 0.437. The van der Waals surface area contributed by atoms with Gasteiger partial charge in [-0.15, -0.1) is 0 Å². The van der Waals surface area contributed by atoms with Gasteiger partial charge >= 0.3 is 5.97 Å². The van der Waals surface area contributed by atoms with Crippen molar-refractivity contribution in [1.82, 2.24) is 4.90 Å². The molecule has 0 heterocycles. The fourth-order valence-corrected chi connectivity index (χ4v) is 1.20. The lowest BCUT2D eigenvalue weighted by Gasteiger charge is -2.21. The van der Waals surface area contributed by atoms with E-state index in [4.69, 9.17) is 5.11 Å². The molecule has 0 saturated carbocycles. The molecule has 0 rings (SSSR count). The van der Waals surface area contributed by atoms with Crippen LogP contribution in [0.1, 0.15) is 33.6 Å². The van der Waals surface area contributed by atoms with Crippen molar-refractivity contribution in [3.8, 4) is 0 Å². The molecule has 0 spiro atoms. The fourth-order valence-electron chi connectivity index (χ4n) is 1.20. The van der Waals surface area contributed by atoms with Crippen LogP contribution in [0.15, 0.2) is 11.8 Å². The van der Waals surface area contributed by atoms with Gasteiger partial charge in [-0.1, -0.05) is 19.4 Å². The largest absolute Gasteiger partial charge is 0.477 e. The molecule has 0 saturated heterocycles. The van der Waals surface area contributed by atoms with Gasteiger partial charge in [0.15, 0.2) is 0 Å². The maximum absolute atomic E-state index is 10.9. The number of aliphatic carboxylic acids is 1. The summed E-state index contributed by atoms with van der Waals surface area (Å²) in [6.07, 6.45) is 3.62. The van der Waals surface area contributed by atoms with Crippen LogP contribution in [-0.2, 0) is 4.79 Å². The highest BCUT2D eigenvalue weighted by Crippen LogP contribution is 2.06. The monoisotopic (exact) mass is 185 g/mol. The third-order valence-corrected chi connectivity index (χ3v) is 1.95. The second-order valence-corrected chi connectivity index (χ2v) is 2.86. The Hall–Kier alpha value is -0.990. The fraction of sp³-hybridized carbons (Fsp3) is 0.700. The first-order chi connectivity index (χ1) is 6.17. The number of carboxylic acids is 1. The highest BCUT2D eigenvalue weighted by atomic mass is 16.4. The third-order valence-electron chi connectivity index (χ3n) is 1.95. The van der Waals surface area contributed by atoms with Crippen LogP contribution in [-0.4, -0.2) is 29.1 Å². The zero-order valence-corrected chi connectivity index (χ0v) is 8.71. The van der Waals surface area contributed by atoms with E-state index in [1.807, 2.05) is 25.7 Å². The molecule has 76 valence electrons. The lowest BCUT2D eigenvalue weighted by molar-refractivity contribution is -0.134. The van der Waals surface area contributed by atoms with Gasteiger partial charge < -0.3 is 10.0 Å². The SMILES string of the molecule is CCC/C=C(\C(=O)O)N(CC)CC. The van der Waals surface area contributed by atoms with E-state index in [1.165, 1.54) is 0 Å². The third kappa shape index (κ3) is 3.97. The van der Waals surface area contributed by atoms with E-state index >= 15 is 0 Å². The number of unbranched alkanes of at least 4 members (excludes halogenated alkanes) is 1. The van der Waals surface area contributed by atoms with E-state index in [1.54, 1.807) is 6.08 Å². The van der Waals surface area contributed by atoms with Gasteiger partial charge in [0.25, 0.3) is 0 Å². The molecule has 3 nitrogen and oxygen atoms in total. The van der Waals surface area contributed by atoms with E-state index < -0.39 is 5.97 Å². The lowest BCUT2D eigenvalue weighted by atomic mass is 10.2. The topological polar surface area (TPSA) is 40.5 Å². The smallest absolute Gasteiger partial charge is 0.351 e. The summed E-state index contributed by atoms with van der Waals surface area (Å²) < 4.78 is 0. The van der Waals surface area contributed by atoms with E-state index in [2.05, 4.69) is 0 Å². The second kappa shape index (κ2) is 6.52. The molecule has 0 bridgehead atoms. The average molecular weight is 185 g/mol. The molecule has 0 fully saturated rings. The number of allylic oxidation sites excluding steroid dienone is 1. The first-order valence-electron chi connectivity index (χ1n) is 4.85. The van der Waals surface area contributed by atoms with Crippen molar-refractivity contribution >= 4 is 5.97 Å². The van der Waals surface area contributed by atoms with Gasteiger partial charge in [-0.2, -0.15) is 0 Å². The van der Waals surface area contributed by atoms with Gasteiger partial charge in [0, 0.05) is 13.1 Å². The maximum Gasteiger partial charge on any atom is 0.351 e. The standard InChI is InChI=1S/C10H19NO2/c1-4-7-8-9(10(12)13)11(5-2)6-3/h8H,4-7H2,1-3H3,(H,12,13)/b9-8+. The molecule has 0 aromatic rings. The predicted molar refractivity (Wildman–Crippen MR) is 53.5 cm³/mol. The van der Waals surface area contributed by atoms with Gasteiger partial charge in [-0.05, 0) is 20.3 Å². The van der Waals surface area contributed by atoms with Gasteiger partial charge in [0.05, 0.1) is 0 Å². The Bertz CT molecular complexity index is 183. The molecule has 0 aliphatic carbocycles. The van der Waals surface area contributed by atoms with Crippen molar-refractivity contribution < 1.29 is 9.90 Å². The van der Waals surface area contributed by atoms with Crippen LogP contribution in [0.3, 0.4) is 0 Å². The molecule has 0 unspecified atom stereocenters. The normalized spacial score (nSPS) is 11.5. The van der Waals surface area contributed by atoms with Crippen LogP contribution in [0.5, 0.6) is 0 Å². The molecule has 0 aliphatic rings. The first-order valence-corrected chi connectivity index (χ1v) is 4.85. The van der Waals surface area contributed by atoms with Crippen LogP contribution in [0.25, 0.3) is 0 Å². The van der Waals surface area contributed by atoms with Crippen LogP contribution in [0.4, 0.5) is 0 Å². The number of hydrogen-bond donors (Lipinski definition) is 1. The van der Waals surface area contributed by atoms with Gasteiger partial charge in [0.1, 0.15) is 5.70 Å². The predicted octanol–water partition coefficient (Wildman–Crippen LogP) is 2.10. The number of carbonyl (C=O) groups is 1. The van der Waals surface area contributed by atoms with E-state index in [0.717, 1.165) is 25.9 Å². The van der Waals surface area contributed by atoms with Crippen molar-refractivity contribution in [1.29, 1.82) is 0 Å². The highest BCUT2D eigenvalue weighted by Gasteiger charge is 2.12. The highest BCUT2D eigenvalue weighted by molar-refractivity contribution is 5.85. The number of carboxylic acid groups (broad SMARTS) is 1. The Morgan fingerprint density at radius 3 is 2.15 bits per heavy atom. The molecule has 0 aromatic heterocycles. The quantitative estimate of drug-likeness (QED) is 0.644. The molecule has 1 N–H and O–H groups in total. The van der Waals surface area contributed by atoms with Crippen LogP contribution in [0.2, 0.25) is 0 Å². The molecule has 3 heteroatoms. The summed E-state index contributed by atoms with van der Waals surface area (Å²) >= 11 is 0. The molecule has 0 radical (unpaired) electrons. The van der Waals surface area contributed by atoms with Crippen molar-refractivity contribution in [2.45, 2.75) is 33.6 Å². The zero-order valence-electron chi connectivity index (χ0n) is 8.71. The Morgan fingerprint density at radius 2 is 1.85 bits per heavy atom. The summed E-state index contributed by atoms with van der Waals surface area (Å²) in [6.45, 7) is 7.47. The second-order valence-electron chi connectivity index (χ2n) is 2.86. The van der Waals surface area contributed by atoms with Crippen LogP contribution in [0, 0.1) is 0 Å². The summed E-state index contributed by atoms with van der Waals surface area (Å²) in [5, 5.41) is 8.92. The minimum atomic E-state index is -0.822. The average Bonchev–Trinajstić information content (AvgIpc) is 2.11. The maximum atomic E-state index is 10.9. The lowest BCUT2D eigenvalue weighted by Crippen LogP contribution is -2.27. The number of likely N-dealkylation sites (N-methyl/N-ethyl adjacent to an activating group) is 1. The summed E-state index contributed by atoms with van der Waals surface area (Å²) in [7, 11) is 0. The van der Waals surface area contributed by atoms with Crippen molar-refractivity contribution in [3.05, 3.63) is 11.8 Å². The summed E-state index contributed by atoms with van der Waals surface area (Å²) in [4.78, 5) is 12.7. The van der Waals surface area contributed by atoms with E-state index in [-0.39, 0.29) is 0 Å². The summed E-state index contributed by atoms with van der Waals surface area (Å²) in [6, 6.07) is 0. The van der Waals surface area contributed by atoms with Crippen molar-refractivity contribution in [2.24, 2.45) is 0 Å². The van der Waals surface area contributed by atoms with Crippen molar-refractivity contribution in [3.63, 3.8) is 0 Å². The van der Waals surface area contributed by atoms with Gasteiger partial charge in [-0.3, -0.25) is 0 Å². The molecular formula is C10H19NO2. The molecule has 0 atom stereocenters. The molecule has 13 heavy (non-hydrogen) atoms. The minimum Gasteiger partial charge on any atom is -0.477 e. The zero-order chi connectivity index (χ0) is 10.3. The Balaban J connectivity index is 4.47. The molecule has 0 aliphatic heterocycles. The van der Waals surface area contributed by atoms with E-state index in [0.29, 0.717) is 5.70 Å². The Labute approximate surface area is 80.0 Å². The van der Waals surface area contributed by atoms with Crippen LogP contribution < -0.4 is 0 Å². The number of nitrogens with zero attached hydrogens (tertiary/aromatic N) is 1. The van der Waals surface area contributed by atoms with E-state index in [9.17, 15) is 4.79 Å². The van der Waals surface area contributed by atoms with Crippen molar-refractivity contribution in [2.75, 3.05) is 13.1 Å². The Kier molecular flexibility index (Phi) is 6.02. The number of hydrogen-bond acceptors (Lipinski definition) is 2. The van der Waals surface area contributed by atoms with Crippen LogP contribution >= 0.6 is 0 Å². The minimum absolute atomic E-state index is 0.437. The molecular weight excluding hydrogens is 166 g/mol. The molecule has 0 amide bonds. The summed E-state index contributed by atoms with van der Waals surface area (Å²) in [5.74, 6) is -0.822. The number of rotatable bonds is 6. The molecule has 0 aromatic carbocycles. The van der Waals surface area contributed by atoms with Gasteiger partial charge in [-0.25, -0.2) is 4.79 Å².